The van der Waals surface area contributed by atoms with E-state index in [0.29, 0.717) is 0 Å². The topological polar surface area (TPSA) is 12.9 Å². The summed E-state index contributed by atoms with van der Waals surface area (Å²) in [5.41, 5.74) is 2.27. The Morgan fingerprint density at radius 2 is 2.21 bits per heavy atom. The summed E-state index contributed by atoms with van der Waals surface area (Å²) in [6.45, 7) is 2.06. The van der Waals surface area contributed by atoms with E-state index in [9.17, 15) is 0 Å². The summed E-state index contributed by atoms with van der Waals surface area (Å²) in [6.07, 6.45) is 1.77. The van der Waals surface area contributed by atoms with Crippen LogP contribution in [-0.2, 0) is 0 Å². The van der Waals surface area contributed by atoms with E-state index in [1.165, 1.54) is 5.56 Å². The van der Waals surface area contributed by atoms with E-state index < -0.39 is 0 Å². The first-order valence-corrected chi connectivity index (χ1v) is 5.21. The fraction of sp³-hybridized carbons (Fsp3) is 0.0833. The van der Waals surface area contributed by atoms with Gasteiger partial charge in [-0.15, -0.1) is 11.3 Å². The molecule has 0 spiro atoms. The molecule has 0 bridgehead atoms. The van der Waals surface area contributed by atoms with Crippen LogP contribution < -0.4 is 0 Å². The van der Waals surface area contributed by atoms with Gasteiger partial charge in [-0.3, -0.25) is 0 Å². The zero-order chi connectivity index (χ0) is 9.80. The Bertz CT molecular complexity index is 475. The molecule has 2 heteroatoms. The second kappa shape index (κ2) is 4.08. The number of aryl methyl sites for hydroxylation is 1. The van der Waals surface area contributed by atoms with Crippen molar-refractivity contribution >= 4 is 11.3 Å². The van der Waals surface area contributed by atoms with Crippen molar-refractivity contribution in [3.8, 4) is 11.8 Å². The first-order valence-electron chi connectivity index (χ1n) is 4.33. The van der Waals surface area contributed by atoms with Gasteiger partial charge in [-0.2, -0.15) is 0 Å². The Kier molecular flexibility index (Phi) is 2.62. The number of thiazole rings is 1. The van der Waals surface area contributed by atoms with Gasteiger partial charge in [0.2, 0.25) is 0 Å². The van der Waals surface area contributed by atoms with Gasteiger partial charge in [-0.1, -0.05) is 18.1 Å². The lowest BCUT2D eigenvalue weighted by molar-refractivity contribution is 1.39. The van der Waals surface area contributed by atoms with Crippen LogP contribution in [0.2, 0.25) is 0 Å². The van der Waals surface area contributed by atoms with Crippen molar-refractivity contribution in [2.45, 2.75) is 6.92 Å². The molecular formula is C12H9NS. The lowest BCUT2D eigenvalue weighted by Crippen LogP contribution is -1.76. The SMILES string of the molecule is Cc1cccc(C#Cc2nccs2)c1. The molecule has 1 aromatic carbocycles. The highest BCUT2D eigenvalue weighted by Gasteiger charge is 1.88. The molecule has 0 amide bonds. The van der Waals surface area contributed by atoms with Crippen LogP contribution in [-0.4, -0.2) is 4.98 Å². The van der Waals surface area contributed by atoms with Crippen LogP contribution in [0.1, 0.15) is 16.1 Å². The van der Waals surface area contributed by atoms with Crippen LogP contribution in [0.3, 0.4) is 0 Å². The summed E-state index contributed by atoms with van der Waals surface area (Å²) < 4.78 is 0. The molecule has 68 valence electrons. The zero-order valence-electron chi connectivity index (χ0n) is 7.82. The second-order valence-electron chi connectivity index (χ2n) is 2.96. The Labute approximate surface area is 87.4 Å². The van der Waals surface area contributed by atoms with Gasteiger partial charge in [-0.05, 0) is 30.5 Å². The first-order chi connectivity index (χ1) is 6.84. The molecule has 1 aromatic heterocycles. The van der Waals surface area contributed by atoms with Crippen LogP contribution in [0.25, 0.3) is 0 Å². The van der Waals surface area contributed by atoms with Crippen LogP contribution in [0.5, 0.6) is 0 Å². The standard InChI is InChI=1S/C12H9NS/c1-10-3-2-4-11(9-10)5-6-12-13-7-8-14-12/h2-4,7-9H,1H3. The predicted octanol–water partition coefficient (Wildman–Crippen LogP) is 2.85. The lowest BCUT2D eigenvalue weighted by atomic mass is 10.1. The van der Waals surface area contributed by atoms with E-state index in [1.54, 1.807) is 17.5 Å². The minimum Gasteiger partial charge on any atom is -0.236 e. The summed E-state index contributed by atoms with van der Waals surface area (Å²) in [5, 5.41) is 2.80. The molecule has 0 saturated carbocycles. The molecule has 0 atom stereocenters. The summed E-state index contributed by atoms with van der Waals surface area (Å²) in [7, 11) is 0. The zero-order valence-corrected chi connectivity index (χ0v) is 8.64. The Morgan fingerprint density at radius 3 is 2.93 bits per heavy atom. The largest absolute Gasteiger partial charge is 0.236 e. The van der Waals surface area contributed by atoms with Crippen LogP contribution in [0, 0.1) is 18.8 Å². The lowest BCUT2D eigenvalue weighted by Gasteiger charge is -1.91. The summed E-state index contributed by atoms with van der Waals surface area (Å²) in [4.78, 5) is 4.10. The molecule has 14 heavy (non-hydrogen) atoms. The number of hydrogen-bond donors (Lipinski definition) is 0. The summed E-state index contributed by atoms with van der Waals surface area (Å²) >= 11 is 1.56. The van der Waals surface area contributed by atoms with Gasteiger partial charge in [0.1, 0.15) is 0 Å². The maximum atomic E-state index is 4.10. The minimum absolute atomic E-state index is 0.867. The molecule has 0 aliphatic heterocycles. The van der Waals surface area contributed by atoms with Crippen molar-refractivity contribution in [2.75, 3.05) is 0 Å². The molecule has 0 fully saturated rings. The highest BCUT2D eigenvalue weighted by molar-refractivity contribution is 7.10. The quantitative estimate of drug-likeness (QED) is 0.594. The van der Waals surface area contributed by atoms with E-state index in [2.05, 4.69) is 35.9 Å². The van der Waals surface area contributed by atoms with Crippen LogP contribution in [0.4, 0.5) is 0 Å². The number of hydrogen-bond acceptors (Lipinski definition) is 2. The molecule has 1 heterocycles. The third-order valence-electron chi connectivity index (χ3n) is 1.76. The van der Waals surface area contributed by atoms with Gasteiger partial charge >= 0.3 is 0 Å². The monoisotopic (exact) mass is 199 g/mol. The normalized spacial score (nSPS) is 9.21. The summed E-state index contributed by atoms with van der Waals surface area (Å²) in [6, 6.07) is 8.16. The van der Waals surface area contributed by atoms with Crippen LogP contribution in [0.15, 0.2) is 35.8 Å². The Morgan fingerprint density at radius 1 is 1.29 bits per heavy atom. The molecular weight excluding hydrogens is 190 g/mol. The highest BCUT2D eigenvalue weighted by Crippen LogP contribution is 2.04. The molecule has 2 aromatic rings. The second-order valence-corrected chi connectivity index (χ2v) is 3.85. The van der Waals surface area contributed by atoms with Crippen LogP contribution >= 0.6 is 11.3 Å². The van der Waals surface area contributed by atoms with Crippen molar-refractivity contribution in [1.29, 1.82) is 0 Å². The molecule has 1 nitrogen and oxygen atoms in total. The van der Waals surface area contributed by atoms with Gasteiger partial charge in [0, 0.05) is 17.1 Å². The van der Waals surface area contributed by atoms with E-state index >= 15 is 0 Å². The Balaban J connectivity index is 2.26. The number of rotatable bonds is 0. The van der Waals surface area contributed by atoms with Crippen molar-refractivity contribution in [3.63, 3.8) is 0 Å². The maximum absolute atomic E-state index is 4.10. The van der Waals surface area contributed by atoms with Gasteiger partial charge in [0.15, 0.2) is 5.01 Å². The fourth-order valence-electron chi connectivity index (χ4n) is 1.13. The Hall–Kier alpha value is -1.59. The van der Waals surface area contributed by atoms with Gasteiger partial charge in [0.05, 0.1) is 0 Å². The minimum atomic E-state index is 0.867. The molecule has 0 saturated heterocycles. The van der Waals surface area contributed by atoms with E-state index in [0.717, 1.165) is 10.6 Å². The van der Waals surface area contributed by atoms with E-state index in [4.69, 9.17) is 0 Å². The third kappa shape index (κ3) is 2.21. The van der Waals surface area contributed by atoms with Crippen molar-refractivity contribution in [3.05, 3.63) is 52.0 Å². The molecule has 2 rings (SSSR count). The van der Waals surface area contributed by atoms with Crippen molar-refractivity contribution in [1.82, 2.24) is 4.98 Å². The summed E-state index contributed by atoms with van der Waals surface area (Å²) in [5.74, 6) is 6.11. The van der Waals surface area contributed by atoms with E-state index in [1.807, 2.05) is 17.5 Å². The van der Waals surface area contributed by atoms with Gasteiger partial charge in [-0.25, -0.2) is 4.98 Å². The van der Waals surface area contributed by atoms with Gasteiger partial charge in [0.25, 0.3) is 0 Å². The fourth-order valence-corrected chi connectivity index (χ4v) is 1.62. The average Bonchev–Trinajstić information content (AvgIpc) is 2.67. The third-order valence-corrected chi connectivity index (χ3v) is 2.45. The number of benzene rings is 1. The molecule has 0 aliphatic carbocycles. The maximum Gasteiger partial charge on any atom is 0.167 e. The highest BCUT2D eigenvalue weighted by atomic mass is 32.1. The van der Waals surface area contributed by atoms with Crippen molar-refractivity contribution in [2.24, 2.45) is 0 Å². The smallest absolute Gasteiger partial charge is 0.167 e. The molecule has 0 aliphatic rings. The van der Waals surface area contributed by atoms with Gasteiger partial charge < -0.3 is 0 Å². The van der Waals surface area contributed by atoms with Crippen molar-refractivity contribution < 1.29 is 0 Å². The molecule has 0 unspecified atom stereocenters. The number of nitrogens with zero attached hydrogens (tertiary/aromatic N) is 1. The average molecular weight is 199 g/mol. The van der Waals surface area contributed by atoms with E-state index in [-0.39, 0.29) is 0 Å². The number of aromatic nitrogens is 1. The molecule has 0 radical (unpaired) electrons. The molecule has 0 N–H and O–H groups in total. The predicted molar refractivity (Wildman–Crippen MR) is 59.3 cm³/mol. The first kappa shape index (κ1) is 8.98.